The first kappa shape index (κ1) is 13.7. The predicted molar refractivity (Wildman–Crippen MR) is 76.7 cm³/mol. The summed E-state index contributed by atoms with van der Waals surface area (Å²) in [7, 11) is 2.03. The summed E-state index contributed by atoms with van der Waals surface area (Å²) < 4.78 is 5.53. The molecule has 0 saturated heterocycles. The summed E-state index contributed by atoms with van der Waals surface area (Å²) in [6, 6.07) is 5.85. The molecule has 1 unspecified atom stereocenters. The summed E-state index contributed by atoms with van der Waals surface area (Å²) in [6.07, 6.45) is 1.65. The van der Waals surface area contributed by atoms with Crippen LogP contribution in [0.1, 0.15) is 19.8 Å². The minimum Gasteiger partial charge on any atom is -0.479 e. The molecule has 1 aliphatic heterocycles. The molecular weight excluding hydrogens is 242 g/mol. The number of fused-ring (bicyclic) bond motifs is 1. The van der Waals surface area contributed by atoms with Gasteiger partial charge in [0.2, 0.25) is 0 Å². The van der Waals surface area contributed by atoms with Crippen LogP contribution in [0.2, 0.25) is 0 Å². The zero-order valence-electron chi connectivity index (χ0n) is 11.5. The van der Waals surface area contributed by atoms with E-state index in [0.717, 1.165) is 43.1 Å². The smallest absolute Gasteiger partial charge is 0.265 e. The Morgan fingerprint density at radius 3 is 2.95 bits per heavy atom. The van der Waals surface area contributed by atoms with Crippen molar-refractivity contribution in [1.82, 2.24) is 0 Å². The zero-order chi connectivity index (χ0) is 13.8. The van der Waals surface area contributed by atoms with Gasteiger partial charge in [-0.1, -0.05) is 0 Å². The maximum absolute atomic E-state index is 11.6. The number of nitrogens with zero attached hydrogens (tertiary/aromatic N) is 1. The number of hydrogen-bond acceptors (Lipinski definition) is 4. The molecule has 3 N–H and O–H groups in total. The second-order valence-electron chi connectivity index (χ2n) is 4.85. The van der Waals surface area contributed by atoms with Gasteiger partial charge in [-0.3, -0.25) is 4.79 Å². The first-order valence-corrected chi connectivity index (χ1v) is 6.64. The van der Waals surface area contributed by atoms with Crippen LogP contribution in [0.4, 0.5) is 11.4 Å². The van der Waals surface area contributed by atoms with Crippen molar-refractivity contribution in [2.45, 2.75) is 25.9 Å². The number of nitrogens with two attached hydrogens (primary N) is 1. The van der Waals surface area contributed by atoms with Gasteiger partial charge in [-0.2, -0.15) is 0 Å². The highest BCUT2D eigenvalue weighted by Crippen LogP contribution is 2.33. The van der Waals surface area contributed by atoms with Crippen molar-refractivity contribution < 1.29 is 9.53 Å². The lowest BCUT2D eigenvalue weighted by molar-refractivity contribution is -0.122. The first-order valence-electron chi connectivity index (χ1n) is 6.64. The van der Waals surface area contributed by atoms with Crippen LogP contribution in [0, 0.1) is 0 Å². The molecule has 1 aromatic carbocycles. The third-order valence-corrected chi connectivity index (χ3v) is 3.28. The fourth-order valence-corrected chi connectivity index (χ4v) is 2.06. The molecule has 0 fully saturated rings. The number of hydrogen-bond donors (Lipinski definition) is 2. The highest BCUT2D eigenvalue weighted by Gasteiger charge is 2.23. The number of anilines is 2. The van der Waals surface area contributed by atoms with Gasteiger partial charge in [0, 0.05) is 19.3 Å². The molecule has 1 aromatic rings. The number of nitrogens with one attached hydrogen (secondary N) is 1. The maximum Gasteiger partial charge on any atom is 0.265 e. The molecule has 5 heteroatoms. The molecule has 1 amide bonds. The lowest BCUT2D eigenvalue weighted by Gasteiger charge is -2.26. The number of ether oxygens (including phenoxy) is 1. The Hall–Kier alpha value is -1.75. The quantitative estimate of drug-likeness (QED) is 0.791. The number of carbonyl (C=O) groups excluding carboxylic acids is 1. The Morgan fingerprint density at radius 2 is 2.21 bits per heavy atom. The number of rotatable bonds is 5. The third-order valence-electron chi connectivity index (χ3n) is 3.28. The molecule has 0 aromatic heterocycles. The van der Waals surface area contributed by atoms with Gasteiger partial charge in [-0.05, 0) is 44.5 Å². The summed E-state index contributed by atoms with van der Waals surface area (Å²) in [6.45, 7) is 3.41. The average Bonchev–Trinajstić information content (AvgIpc) is 2.40. The van der Waals surface area contributed by atoms with E-state index in [1.807, 2.05) is 25.2 Å². The van der Waals surface area contributed by atoms with Crippen LogP contribution in [-0.4, -0.2) is 32.1 Å². The number of unbranched alkanes of at least 4 members (excludes halogenated alkanes) is 1. The average molecular weight is 263 g/mol. The largest absolute Gasteiger partial charge is 0.479 e. The van der Waals surface area contributed by atoms with Crippen molar-refractivity contribution in [3.05, 3.63) is 18.2 Å². The van der Waals surface area contributed by atoms with Crippen molar-refractivity contribution in [2.75, 3.05) is 30.4 Å². The van der Waals surface area contributed by atoms with Gasteiger partial charge in [0.25, 0.3) is 5.91 Å². The van der Waals surface area contributed by atoms with Crippen molar-refractivity contribution in [2.24, 2.45) is 5.73 Å². The number of benzene rings is 1. The minimum absolute atomic E-state index is 0.101. The van der Waals surface area contributed by atoms with E-state index in [-0.39, 0.29) is 5.91 Å². The van der Waals surface area contributed by atoms with E-state index in [4.69, 9.17) is 10.5 Å². The Kier molecular flexibility index (Phi) is 4.27. The normalized spacial score (nSPS) is 17.4. The summed E-state index contributed by atoms with van der Waals surface area (Å²) >= 11 is 0. The Labute approximate surface area is 113 Å². The van der Waals surface area contributed by atoms with Crippen LogP contribution in [0.15, 0.2) is 18.2 Å². The van der Waals surface area contributed by atoms with Gasteiger partial charge in [0.15, 0.2) is 6.10 Å². The van der Waals surface area contributed by atoms with Gasteiger partial charge >= 0.3 is 0 Å². The fraction of sp³-hybridized carbons (Fsp3) is 0.500. The van der Waals surface area contributed by atoms with Gasteiger partial charge in [0.05, 0.1) is 5.69 Å². The highest BCUT2D eigenvalue weighted by molar-refractivity contribution is 5.98. The molecule has 0 spiro atoms. The van der Waals surface area contributed by atoms with Crippen LogP contribution in [0.3, 0.4) is 0 Å². The molecular formula is C14H21N3O2. The van der Waals surface area contributed by atoms with Gasteiger partial charge in [-0.25, -0.2) is 0 Å². The second-order valence-corrected chi connectivity index (χ2v) is 4.85. The van der Waals surface area contributed by atoms with E-state index in [0.29, 0.717) is 0 Å². The van der Waals surface area contributed by atoms with Gasteiger partial charge in [-0.15, -0.1) is 0 Å². The molecule has 5 nitrogen and oxygen atoms in total. The van der Waals surface area contributed by atoms with Crippen LogP contribution in [0.25, 0.3) is 0 Å². The lowest BCUT2D eigenvalue weighted by Crippen LogP contribution is -2.34. The van der Waals surface area contributed by atoms with E-state index in [9.17, 15) is 4.79 Å². The van der Waals surface area contributed by atoms with E-state index in [2.05, 4.69) is 10.2 Å². The maximum atomic E-state index is 11.6. The molecule has 1 heterocycles. The standard InChI is InChI=1S/C14H21N3O2/c1-10-14(18)16-12-9-11(5-6-13(12)19-10)17(2)8-4-3-7-15/h5-6,9-10H,3-4,7-8,15H2,1-2H3,(H,16,18). The third kappa shape index (κ3) is 3.17. The van der Waals surface area contributed by atoms with E-state index >= 15 is 0 Å². The summed E-state index contributed by atoms with van der Waals surface area (Å²) in [5, 5.41) is 2.86. The molecule has 104 valence electrons. The fourth-order valence-electron chi connectivity index (χ4n) is 2.06. The van der Waals surface area contributed by atoms with Crippen LogP contribution in [0.5, 0.6) is 5.75 Å². The van der Waals surface area contributed by atoms with Crippen LogP contribution in [-0.2, 0) is 4.79 Å². The molecule has 0 radical (unpaired) electrons. The Morgan fingerprint density at radius 1 is 1.42 bits per heavy atom. The molecule has 0 aliphatic carbocycles. The van der Waals surface area contributed by atoms with Gasteiger partial charge in [0.1, 0.15) is 5.75 Å². The molecule has 19 heavy (non-hydrogen) atoms. The van der Waals surface area contributed by atoms with Crippen LogP contribution < -0.4 is 20.7 Å². The molecule has 0 saturated carbocycles. The molecule has 1 atom stereocenters. The summed E-state index contributed by atoms with van der Waals surface area (Å²) in [5.74, 6) is 0.627. The second kappa shape index (κ2) is 5.93. The lowest BCUT2D eigenvalue weighted by atomic mass is 10.2. The molecule has 1 aliphatic rings. The van der Waals surface area contributed by atoms with Crippen molar-refractivity contribution in [1.29, 1.82) is 0 Å². The van der Waals surface area contributed by atoms with E-state index in [1.54, 1.807) is 6.92 Å². The van der Waals surface area contributed by atoms with Crippen molar-refractivity contribution in [3.8, 4) is 5.75 Å². The van der Waals surface area contributed by atoms with Gasteiger partial charge < -0.3 is 20.7 Å². The Balaban J connectivity index is 2.08. The van der Waals surface area contributed by atoms with E-state index < -0.39 is 6.10 Å². The van der Waals surface area contributed by atoms with Crippen molar-refractivity contribution in [3.63, 3.8) is 0 Å². The topological polar surface area (TPSA) is 67.6 Å². The number of amides is 1. The monoisotopic (exact) mass is 263 g/mol. The molecule has 0 bridgehead atoms. The van der Waals surface area contributed by atoms with E-state index in [1.165, 1.54) is 0 Å². The minimum atomic E-state index is -0.430. The summed E-state index contributed by atoms with van der Waals surface area (Å²) in [5.41, 5.74) is 7.30. The molecule has 2 rings (SSSR count). The predicted octanol–water partition coefficient (Wildman–Crippen LogP) is 1.58. The van der Waals surface area contributed by atoms with Crippen molar-refractivity contribution >= 4 is 17.3 Å². The Bertz CT molecular complexity index is 462. The highest BCUT2D eigenvalue weighted by atomic mass is 16.5. The zero-order valence-corrected chi connectivity index (χ0v) is 11.5. The van der Waals surface area contributed by atoms with Crippen LogP contribution >= 0.6 is 0 Å². The first-order chi connectivity index (χ1) is 9.11. The number of carbonyl (C=O) groups is 1. The summed E-state index contributed by atoms with van der Waals surface area (Å²) in [4.78, 5) is 13.7. The SMILES string of the molecule is CC1Oc2ccc(N(C)CCCCN)cc2NC1=O.